The van der Waals surface area contributed by atoms with Crippen LogP contribution in [-0.2, 0) is 0 Å². The van der Waals surface area contributed by atoms with Crippen LogP contribution in [0, 0.1) is 35.0 Å². The molecule has 0 atom stereocenters. The Hall–Kier alpha value is -0.770. The highest BCUT2D eigenvalue weighted by molar-refractivity contribution is 4.91. The monoisotopic (exact) mass is 315 g/mol. The lowest BCUT2D eigenvalue weighted by molar-refractivity contribution is 0.242. The maximum absolute atomic E-state index is 8.98. The molecule has 2 saturated carbocycles. The van der Waals surface area contributed by atoms with Crippen molar-refractivity contribution in [2.45, 2.75) is 96.8 Å². The highest BCUT2D eigenvalue weighted by atomic mass is 14.3. The van der Waals surface area contributed by atoms with Crippen LogP contribution in [0.5, 0.6) is 0 Å². The molecule has 0 aliphatic heterocycles. The van der Waals surface area contributed by atoms with Crippen LogP contribution in [0.2, 0.25) is 0 Å². The average Bonchev–Trinajstić information content (AvgIpc) is 2.61. The number of rotatable bonds is 8. The van der Waals surface area contributed by atoms with Crippen molar-refractivity contribution in [1.29, 1.82) is 5.26 Å². The number of nitrogens with zero attached hydrogens (tertiary/aromatic N) is 1. The first-order valence-electron chi connectivity index (χ1n) is 10.4. The molecule has 130 valence electrons. The van der Waals surface area contributed by atoms with Gasteiger partial charge in [-0.15, -0.1) is 0 Å². The van der Waals surface area contributed by atoms with Crippen molar-refractivity contribution in [2.75, 3.05) is 0 Å². The Balaban J connectivity index is 1.54. The fraction of sp³-hybridized carbons (Fsp3) is 0.864. The molecule has 0 heterocycles. The van der Waals surface area contributed by atoms with Crippen molar-refractivity contribution in [3.8, 4) is 6.07 Å². The minimum Gasteiger partial charge on any atom is -0.198 e. The molecule has 0 aromatic rings. The molecular formula is C22H37N. The molecule has 2 fully saturated rings. The topological polar surface area (TPSA) is 23.8 Å². The highest BCUT2D eigenvalue weighted by Gasteiger charge is 2.23. The summed E-state index contributed by atoms with van der Waals surface area (Å²) in [6.45, 7) is 2.28. The van der Waals surface area contributed by atoms with Gasteiger partial charge in [0.25, 0.3) is 0 Å². The summed E-state index contributed by atoms with van der Waals surface area (Å²) in [4.78, 5) is 0. The molecule has 0 aromatic heterocycles. The van der Waals surface area contributed by atoms with E-state index in [-0.39, 0.29) is 0 Å². The lowest BCUT2D eigenvalue weighted by atomic mass is 9.76. The standard InChI is InChI=1S/C22H37N/c1-2-3-4-5-6-7-19-8-10-20(11-9-19)12-13-21-14-16-22(18-23)17-15-21/h6-7,19-22H,2-5,8-17H2,1H3/t19-,20-,21-,22-. The number of nitriles is 1. The second kappa shape index (κ2) is 10.9. The van der Waals surface area contributed by atoms with Gasteiger partial charge in [-0.25, -0.2) is 0 Å². The zero-order valence-electron chi connectivity index (χ0n) is 15.3. The molecule has 0 N–H and O–H groups in total. The maximum Gasteiger partial charge on any atom is 0.0655 e. The summed E-state index contributed by atoms with van der Waals surface area (Å²) in [7, 11) is 0. The van der Waals surface area contributed by atoms with E-state index in [9.17, 15) is 0 Å². The molecule has 0 spiro atoms. The van der Waals surface area contributed by atoms with Crippen LogP contribution in [0.15, 0.2) is 12.2 Å². The number of hydrogen-bond acceptors (Lipinski definition) is 1. The van der Waals surface area contributed by atoms with Crippen LogP contribution in [0.25, 0.3) is 0 Å². The van der Waals surface area contributed by atoms with Gasteiger partial charge in [0.1, 0.15) is 0 Å². The first kappa shape index (κ1) is 18.6. The number of allylic oxidation sites excluding steroid dienone is 2. The molecule has 23 heavy (non-hydrogen) atoms. The average molecular weight is 316 g/mol. The van der Waals surface area contributed by atoms with Crippen LogP contribution < -0.4 is 0 Å². The fourth-order valence-electron chi connectivity index (χ4n) is 4.52. The van der Waals surface area contributed by atoms with Crippen molar-refractivity contribution >= 4 is 0 Å². The Bertz CT molecular complexity index is 362. The van der Waals surface area contributed by atoms with E-state index in [0.717, 1.165) is 30.6 Å². The van der Waals surface area contributed by atoms with Gasteiger partial charge in [0.15, 0.2) is 0 Å². The van der Waals surface area contributed by atoms with Crippen molar-refractivity contribution in [3.63, 3.8) is 0 Å². The van der Waals surface area contributed by atoms with E-state index in [4.69, 9.17) is 5.26 Å². The van der Waals surface area contributed by atoms with Crippen LogP contribution in [0.4, 0.5) is 0 Å². The molecule has 0 bridgehead atoms. The van der Waals surface area contributed by atoms with Crippen molar-refractivity contribution in [2.24, 2.45) is 23.7 Å². The molecule has 2 aliphatic rings. The second-order valence-corrected chi connectivity index (χ2v) is 8.13. The van der Waals surface area contributed by atoms with Crippen LogP contribution in [-0.4, -0.2) is 0 Å². The van der Waals surface area contributed by atoms with Crippen molar-refractivity contribution in [1.82, 2.24) is 0 Å². The third-order valence-corrected chi connectivity index (χ3v) is 6.29. The quantitative estimate of drug-likeness (QED) is 0.348. The molecule has 0 aromatic carbocycles. The van der Waals surface area contributed by atoms with E-state index in [1.807, 2.05) is 0 Å². The van der Waals surface area contributed by atoms with E-state index < -0.39 is 0 Å². The number of unbranched alkanes of at least 4 members (excludes halogenated alkanes) is 3. The van der Waals surface area contributed by atoms with Gasteiger partial charge in [-0.3, -0.25) is 0 Å². The molecule has 2 aliphatic carbocycles. The molecule has 1 heteroatoms. The predicted molar refractivity (Wildman–Crippen MR) is 99.0 cm³/mol. The lowest BCUT2D eigenvalue weighted by Crippen LogP contribution is -2.17. The Kier molecular flexibility index (Phi) is 8.80. The zero-order valence-corrected chi connectivity index (χ0v) is 15.3. The van der Waals surface area contributed by atoms with E-state index in [1.54, 1.807) is 0 Å². The Morgan fingerprint density at radius 1 is 0.870 bits per heavy atom. The first-order chi connectivity index (χ1) is 11.3. The molecule has 0 unspecified atom stereocenters. The summed E-state index contributed by atoms with van der Waals surface area (Å²) in [6.07, 6.45) is 24.0. The van der Waals surface area contributed by atoms with Gasteiger partial charge in [-0.2, -0.15) is 5.26 Å². The molecule has 0 amide bonds. The summed E-state index contributed by atoms with van der Waals surface area (Å²) in [5, 5.41) is 8.98. The normalized spacial score (nSPS) is 32.0. The van der Waals surface area contributed by atoms with Crippen molar-refractivity contribution < 1.29 is 0 Å². The van der Waals surface area contributed by atoms with E-state index in [2.05, 4.69) is 25.1 Å². The number of hydrogen-bond donors (Lipinski definition) is 0. The largest absolute Gasteiger partial charge is 0.198 e. The summed E-state index contributed by atoms with van der Waals surface area (Å²) in [5.74, 6) is 3.16. The molecule has 0 saturated heterocycles. The maximum atomic E-state index is 8.98. The third kappa shape index (κ3) is 7.11. The van der Waals surface area contributed by atoms with Crippen molar-refractivity contribution in [3.05, 3.63) is 12.2 Å². The third-order valence-electron chi connectivity index (χ3n) is 6.29. The minimum atomic E-state index is 0.366. The van der Waals surface area contributed by atoms with Gasteiger partial charge in [0.2, 0.25) is 0 Å². The summed E-state index contributed by atoms with van der Waals surface area (Å²) in [5.41, 5.74) is 0. The Morgan fingerprint density at radius 3 is 2.04 bits per heavy atom. The zero-order chi connectivity index (χ0) is 16.3. The summed E-state index contributed by atoms with van der Waals surface area (Å²) in [6, 6.07) is 2.46. The lowest BCUT2D eigenvalue weighted by Gasteiger charge is -2.30. The predicted octanol–water partition coefficient (Wildman–Crippen LogP) is 7.04. The van der Waals surface area contributed by atoms with Gasteiger partial charge in [-0.05, 0) is 82.0 Å². The van der Waals surface area contributed by atoms with Crippen LogP contribution in [0.3, 0.4) is 0 Å². The highest BCUT2D eigenvalue weighted by Crippen LogP contribution is 2.36. The Labute approximate surface area is 144 Å². The molecular weight excluding hydrogens is 278 g/mol. The van der Waals surface area contributed by atoms with E-state index >= 15 is 0 Å². The minimum absolute atomic E-state index is 0.366. The fourth-order valence-corrected chi connectivity index (χ4v) is 4.52. The second-order valence-electron chi connectivity index (χ2n) is 8.13. The smallest absolute Gasteiger partial charge is 0.0655 e. The summed E-state index contributed by atoms with van der Waals surface area (Å²) >= 11 is 0. The molecule has 2 rings (SSSR count). The van der Waals surface area contributed by atoms with Gasteiger partial charge >= 0.3 is 0 Å². The summed E-state index contributed by atoms with van der Waals surface area (Å²) < 4.78 is 0. The SMILES string of the molecule is CCCCCC=C[C@H]1CC[C@H](CC[C@H]2CC[C@H](C#N)CC2)CC1. The van der Waals surface area contributed by atoms with Gasteiger partial charge in [0, 0.05) is 5.92 Å². The van der Waals surface area contributed by atoms with Crippen LogP contribution in [0.1, 0.15) is 96.8 Å². The van der Waals surface area contributed by atoms with Gasteiger partial charge in [-0.1, -0.05) is 44.8 Å². The molecule has 0 radical (unpaired) electrons. The van der Waals surface area contributed by atoms with E-state index in [0.29, 0.717) is 5.92 Å². The Morgan fingerprint density at radius 2 is 1.48 bits per heavy atom. The molecule has 1 nitrogen and oxygen atoms in total. The van der Waals surface area contributed by atoms with E-state index in [1.165, 1.54) is 77.0 Å². The van der Waals surface area contributed by atoms with Crippen LogP contribution >= 0.6 is 0 Å². The van der Waals surface area contributed by atoms with Gasteiger partial charge < -0.3 is 0 Å². The van der Waals surface area contributed by atoms with Gasteiger partial charge in [0.05, 0.1) is 6.07 Å². The first-order valence-corrected chi connectivity index (χ1v) is 10.4.